The molecule has 0 spiro atoms. The summed E-state index contributed by atoms with van der Waals surface area (Å²) in [5.41, 5.74) is 0.944. The Kier molecular flexibility index (Phi) is 3.84. The number of hydrogen-bond acceptors (Lipinski definition) is 4. The molecular weight excluding hydrogens is 256 g/mol. The zero-order valence-corrected chi connectivity index (χ0v) is 10.4. The lowest BCUT2D eigenvalue weighted by atomic mass is 10.2. The van der Waals surface area contributed by atoms with Crippen LogP contribution in [0.5, 0.6) is 5.88 Å². The van der Waals surface area contributed by atoms with Crippen LogP contribution in [0, 0.1) is 0 Å². The van der Waals surface area contributed by atoms with Crippen molar-refractivity contribution in [1.29, 1.82) is 0 Å². The van der Waals surface area contributed by atoms with E-state index in [9.17, 15) is 4.79 Å². The van der Waals surface area contributed by atoms with Gasteiger partial charge in [0.15, 0.2) is 0 Å². The molecule has 0 saturated carbocycles. The van der Waals surface area contributed by atoms with Gasteiger partial charge in [0.2, 0.25) is 5.76 Å². The highest BCUT2D eigenvalue weighted by Gasteiger charge is 2.12. The molecule has 2 rings (SSSR count). The molecule has 1 aromatic heterocycles. The predicted molar refractivity (Wildman–Crippen MR) is 65.7 cm³/mol. The number of nitrogens with one attached hydrogen (secondary N) is 1. The van der Waals surface area contributed by atoms with Gasteiger partial charge in [0.05, 0.1) is 13.2 Å². The van der Waals surface area contributed by atoms with Crippen LogP contribution in [0.4, 0.5) is 0 Å². The first-order valence-corrected chi connectivity index (χ1v) is 5.60. The Balaban J connectivity index is 1.93. The van der Waals surface area contributed by atoms with Gasteiger partial charge < -0.3 is 14.6 Å². The largest absolute Gasteiger partial charge is 0.479 e. The minimum atomic E-state index is -0.347. The molecule has 0 saturated heterocycles. The quantitative estimate of drug-likeness (QED) is 0.922. The van der Waals surface area contributed by atoms with E-state index in [0.717, 1.165) is 5.56 Å². The Labute approximate surface area is 109 Å². The highest BCUT2D eigenvalue weighted by atomic mass is 35.5. The van der Waals surface area contributed by atoms with Gasteiger partial charge in [0.25, 0.3) is 11.8 Å². The summed E-state index contributed by atoms with van der Waals surface area (Å²) in [5.74, 6) is 0.0354. The highest BCUT2D eigenvalue weighted by molar-refractivity contribution is 6.30. The molecule has 1 heterocycles. The van der Waals surface area contributed by atoms with Crippen molar-refractivity contribution < 1.29 is 14.1 Å². The second kappa shape index (κ2) is 5.55. The average Bonchev–Trinajstić information content (AvgIpc) is 2.86. The summed E-state index contributed by atoms with van der Waals surface area (Å²) in [5, 5.41) is 6.91. The molecule has 1 N–H and O–H groups in total. The Morgan fingerprint density at radius 2 is 2.17 bits per heavy atom. The Hall–Kier alpha value is -2.01. The maximum Gasteiger partial charge on any atom is 0.290 e. The van der Waals surface area contributed by atoms with E-state index < -0.39 is 0 Å². The summed E-state index contributed by atoms with van der Waals surface area (Å²) in [4.78, 5) is 11.7. The smallest absolute Gasteiger partial charge is 0.290 e. The number of methoxy groups -OCH3 is 1. The topological polar surface area (TPSA) is 64.4 Å². The van der Waals surface area contributed by atoms with Crippen molar-refractivity contribution in [2.75, 3.05) is 7.11 Å². The van der Waals surface area contributed by atoms with Crippen molar-refractivity contribution >= 4 is 17.5 Å². The number of halogens is 1. The van der Waals surface area contributed by atoms with Crippen LogP contribution >= 0.6 is 11.6 Å². The summed E-state index contributed by atoms with van der Waals surface area (Å²) < 4.78 is 9.64. The van der Waals surface area contributed by atoms with Crippen LogP contribution in [0.25, 0.3) is 0 Å². The molecule has 0 bridgehead atoms. The van der Waals surface area contributed by atoms with Crippen molar-refractivity contribution in [3.8, 4) is 5.88 Å². The van der Waals surface area contributed by atoms with E-state index in [1.165, 1.54) is 13.2 Å². The van der Waals surface area contributed by atoms with Crippen LogP contribution in [0.2, 0.25) is 5.02 Å². The highest BCUT2D eigenvalue weighted by Crippen LogP contribution is 2.11. The second-order valence-corrected chi connectivity index (χ2v) is 3.98. The number of nitrogens with zero attached hydrogens (tertiary/aromatic N) is 1. The number of amides is 1. The molecule has 6 heteroatoms. The van der Waals surface area contributed by atoms with Crippen LogP contribution in [0.1, 0.15) is 16.1 Å². The van der Waals surface area contributed by atoms with Crippen molar-refractivity contribution in [1.82, 2.24) is 10.5 Å². The van der Waals surface area contributed by atoms with Crippen molar-refractivity contribution in [2.45, 2.75) is 6.54 Å². The van der Waals surface area contributed by atoms with Crippen LogP contribution in [-0.2, 0) is 6.54 Å². The van der Waals surface area contributed by atoms with Crippen molar-refractivity contribution in [3.63, 3.8) is 0 Å². The maximum absolute atomic E-state index is 11.7. The van der Waals surface area contributed by atoms with Crippen molar-refractivity contribution in [3.05, 3.63) is 46.7 Å². The zero-order chi connectivity index (χ0) is 13.0. The lowest BCUT2D eigenvalue weighted by Gasteiger charge is -2.02. The average molecular weight is 267 g/mol. The first-order chi connectivity index (χ1) is 8.69. The summed E-state index contributed by atoms with van der Waals surface area (Å²) in [6.45, 7) is 0.388. The number of rotatable bonds is 4. The molecule has 18 heavy (non-hydrogen) atoms. The molecule has 5 nitrogen and oxygen atoms in total. The lowest BCUT2D eigenvalue weighted by molar-refractivity contribution is 0.0913. The van der Waals surface area contributed by atoms with E-state index in [-0.39, 0.29) is 17.5 Å². The van der Waals surface area contributed by atoms with Gasteiger partial charge in [0, 0.05) is 11.6 Å². The van der Waals surface area contributed by atoms with Gasteiger partial charge in [-0.15, -0.1) is 0 Å². The second-order valence-electron chi connectivity index (χ2n) is 3.54. The molecular formula is C12H11ClN2O3. The SMILES string of the molecule is COc1cc(C(=O)NCc2ccc(Cl)cc2)on1. The van der Waals surface area contributed by atoms with Crippen LogP contribution in [-0.4, -0.2) is 18.2 Å². The molecule has 0 fully saturated rings. The van der Waals surface area contributed by atoms with E-state index >= 15 is 0 Å². The maximum atomic E-state index is 11.7. The standard InChI is InChI=1S/C12H11ClN2O3/c1-17-11-6-10(18-15-11)12(16)14-7-8-2-4-9(13)5-3-8/h2-6H,7H2,1H3,(H,14,16). The number of carbonyl (C=O) groups excluding carboxylic acids is 1. The molecule has 2 aromatic rings. The minimum absolute atomic E-state index is 0.112. The molecule has 1 amide bonds. The van der Waals surface area contributed by atoms with Gasteiger partial charge in [-0.1, -0.05) is 23.7 Å². The van der Waals surface area contributed by atoms with Gasteiger partial charge in [0.1, 0.15) is 0 Å². The van der Waals surface area contributed by atoms with E-state index in [2.05, 4.69) is 10.5 Å². The Morgan fingerprint density at radius 1 is 1.44 bits per heavy atom. The van der Waals surface area contributed by atoms with E-state index in [1.54, 1.807) is 12.1 Å². The fourth-order valence-electron chi connectivity index (χ4n) is 1.33. The molecule has 0 aliphatic carbocycles. The first-order valence-electron chi connectivity index (χ1n) is 5.22. The molecule has 1 aromatic carbocycles. The van der Waals surface area contributed by atoms with E-state index in [4.69, 9.17) is 20.9 Å². The summed E-state index contributed by atoms with van der Waals surface area (Å²) in [6, 6.07) is 8.63. The number of carbonyl (C=O) groups is 1. The molecule has 0 atom stereocenters. The third-order valence-corrected chi connectivity index (χ3v) is 2.54. The van der Waals surface area contributed by atoms with E-state index in [0.29, 0.717) is 11.6 Å². The minimum Gasteiger partial charge on any atom is -0.479 e. The third kappa shape index (κ3) is 3.01. The number of ether oxygens (including phenoxy) is 1. The normalized spacial score (nSPS) is 10.1. The fraction of sp³-hybridized carbons (Fsp3) is 0.167. The molecule has 94 valence electrons. The summed E-state index contributed by atoms with van der Waals surface area (Å²) in [7, 11) is 1.45. The van der Waals surface area contributed by atoms with Crippen molar-refractivity contribution in [2.24, 2.45) is 0 Å². The fourth-order valence-corrected chi connectivity index (χ4v) is 1.46. The van der Waals surface area contributed by atoms with Gasteiger partial charge in [-0.3, -0.25) is 4.79 Å². The van der Waals surface area contributed by atoms with Gasteiger partial charge in [-0.05, 0) is 22.9 Å². The lowest BCUT2D eigenvalue weighted by Crippen LogP contribution is -2.22. The molecule has 0 unspecified atom stereocenters. The Bertz CT molecular complexity index is 537. The van der Waals surface area contributed by atoms with Gasteiger partial charge in [-0.2, -0.15) is 0 Å². The third-order valence-electron chi connectivity index (χ3n) is 2.29. The van der Waals surface area contributed by atoms with Gasteiger partial charge >= 0.3 is 0 Å². The molecule has 0 aliphatic rings. The summed E-state index contributed by atoms with van der Waals surface area (Å²) >= 11 is 5.76. The van der Waals surface area contributed by atoms with E-state index in [1.807, 2.05) is 12.1 Å². The zero-order valence-electron chi connectivity index (χ0n) is 9.64. The van der Waals surface area contributed by atoms with Crippen LogP contribution in [0.15, 0.2) is 34.9 Å². The van der Waals surface area contributed by atoms with Gasteiger partial charge in [-0.25, -0.2) is 0 Å². The predicted octanol–water partition coefficient (Wildman–Crippen LogP) is 2.27. The molecule has 0 aliphatic heterocycles. The van der Waals surface area contributed by atoms with Crippen LogP contribution < -0.4 is 10.1 Å². The monoisotopic (exact) mass is 266 g/mol. The number of aromatic nitrogens is 1. The molecule has 0 radical (unpaired) electrons. The van der Waals surface area contributed by atoms with Crippen LogP contribution in [0.3, 0.4) is 0 Å². The number of hydrogen-bond donors (Lipinski definition) is 1. The Morgan fingerprint density at radius 3 is 2.78 bits per heavy atom. The summed E-state index contributed by atoms with van der Waals surface area (Å²) in [6.07, 6.45) is 0. The first kappa shape index (κ1) is 12.4. The number of benzene rings is 1.